The number of piperazine rings is 1. The molecule has 13 heteroatoms. The van der Waals surface area contributed by atoms with Gasteiger partial charge in [-0.3, -0.25) is 19.3 Å². The van der Waals surface area contributed by atoms with Crippen LogP contribution in [0.2, 0.25) is 0 Å². The molecule has 0 spiro atoms. The SMILES string of the molecule is CC(C)(/C=C(\C#N)C(=O)N1C[C@H](O)C[C@@H](n2nc(-c3ccc(Oc4ccccc4)cc3F)c3c(N)nccc32)C1)N1CCN(C2COC2)CC1. The van der Waals surface area contributed by atoms with E-state index in [0.29, 0.717) is 34.9 Å². The Morgan fingerprint density at radius 2 is 1.84 bits per heavy atom. The van der Waals surface area contributed by atoms with Gasteiger partial charge in [0.2, 0.25) is 0 Å². The number of anilines is 1. The van der Waals surface area contributed by atoms with Crippen molar-refractivity contribution in [3.05, 3.63) is 78.3 Å². The number of fused-ring (bicyclic) bond motifs is 1. The Balaban J connectivity index is 1.13. The van der Waals surface area contributed by atoms with Gasteiger partial charge in [-0.1, -0.05) is 18.2 Å². The molecule has 2 aromatic heterocycles. The van der Waals surface area contributed by atoms with E-state index in [1.54, 1.807) is 47.3 Å². The monoisotopic (exact) mass is 680 g/mol. The summed E-state index contributed by atoms with van der Waals surface area (Å²) in [6.45, 7) is 9.26. The number of carbonyl (C=O) groups excluding carboxylic acids is 1. The number of hydrogen-bond acceptors (Lipinski definition) is 10. The average molecular weight is 681 g/mol. The molecule has 2 aromatic carbocycles. The second-order valence-electron chi connectivity index (χ2n) is 13.7. The van der Waals surface area contributed by atoms with Gasteiger partial charge in [0.25, 0.3) is 5.91 Å². The molecule has 5 heterocycles. The molecular weight excluding hydrogens is 639 g/mol. The number of rotatable bonds is 8. The van der Waals surface area contributed by atoms with Gasteiger partial charge in [-0.05, 0) is 56.7 Å². The van der Waals surface area contributed by atoms with Gasteiger partial charge in [-0.15, -0.1) is 0 Å². The van der Waals surface area contributed by atoms with E-state index in [0.717, 1.165) is 39.4 Å². The van der Waals surface area contributed by atoms with Gasteiger partial charge in [-0.25, -0.2) is 9.37 Å². The van der Waals surface area contributed by atoms with E-state index in [1.165, 1.54) is 11.0 Å². The van der Waals surface area contributed by atoms with Crippen LogP contribution in [0.1, 0.15) is 26.3 Å². The molecule has 260 valence electrons. The van der Waals surface area contributed by atoms with Crippen molar-refractivity contribution >= 4 is 22.6 Å². The molecule has 7 rings (SSSR count). The van der Waals surface area contributed by atoms with Crippen LogP contribution in [0.15, 0.2) is 72.4 Å². The first kappa shape index (κ1) is 33.6. The lowest BCUT2D eigenvalue weighted by Gasteiger charge is -2.46. The molecule has 0 radical (unpaired) electrons. The zero-order valence-electron chi connectivity index (χ0n) is 28.2. The summed E-state index contributed by atoms with van der Waals surface area (Å²) < 4.78 is 28.6. The van der Waals surface area contributed by atoms with Gasteiger partial charge in [0.15, 0.2) is 0 Å². The number of pyridine rings is 1. The number of β-amino-alcohol motifs (C(OH)–C–C–N with tert-alkyl or cyclic N) is 1. The first-order chi connectivity index (χ1) is 24.1. The van der Waals surface area contributed by atoms with E-state index >= 15 is 4.39 Å². The molecule has 4 aromatic rings. The van der Waals surface area contributed by atoms with Crippen molar-refractivity contribution in [1.82, 2.24) is 29.5 Å². The van der Waals surface area contributed by atoms with E-state index in [9.17, 15) is 15.2 Å². The van der Waals surface area contributed by atoms with Crippen LogP contribution in [0.3, 0.4) is 0 Å². The maximum atomic E-state index is 15.7. The summed E-state index contributed by atoms with van der Waals surface area (Å²) in [6.07, 6.45) is 2.71. The predicted molar refractivity (Wildman–Crippen MR) is 186 cm³/mol. The normalized spacial score (nSPS) is 21.2. The fraction of sp³-hybridized carbons (Fsp3) is 0.405. The third kappa shape index (κ3) is 6.67. The molecular formula is C37H41FN8O4. The molecule has 0 bridgehead atoms. The summed E-state index contributed by atoms with van der Waals surface area (Å²) in [5.74, 6) is 0.0723. The molecule has 0 saturated carbocycles. The molecule has 0 aliphatic carbocycles. The minimum atomic E-state index is -0.873. The Kier molecular flexibility index (Phi) is 9.28. The van der Waals surface area contributed by atoms with Gasteiger partial charge in [0.05, 0.1) is 42.3 Å². The van der Waals surface area contributed by atoms with Crippen molar-refractivity contribution < 1.29 is 23.8 Å². The van der Waals surface area contributed by atoms with Crippen molar-refractivity contribution in [2.45, 2.75) is 44.0 Å². The van der Waals surface area contributed by atoms with Gasteiger partial charge in [0.1, 0.15) is 40.5 Å². The summed E-state index contributed by atoms with van der Waals surface area (Å²) in [4.78, 5) is 24.4. The highest BCUT2D eigenvalue weighted by molar-refractivity contribution is 6.00. The van der Waals surface area contributed by atoms with E-state index < -0.39 is 29.4 Å². The maximum absolute atomic E-state index is 15.7. The Morgan fingerprint density at radius 3 is 2.52 bits per heavy atom. The number of carbonyl (C=O) groups is 1. The number of para-hydroxylation sites is 1. The number of nitrogens with zero attached hydrogens (tertiary/aromatic N) is 7. The summed E-state index contributed by atoms with van der Waals surface area (Å²) in [5.41, 5.74) is 6.92. The lowest BCUT2D eigenvalue weighted by Crippen LogP contribution is -2.59. The van der Waals surface area contributed by atoms with E-state index in [-0.39, 0.29) is 35.7 Å². The Hall–Kier alpha value is -4.87. The quantitative estimate of drug-likeness (QED) is 0.207. The first-order valence-corrected chi connectivity index (χ1v) is 16.9. The Morgan fingerprint density at radius 1 is 1.08 bits per heavy atom. The summed E-state index contributed by atoms with van der Waals surface area (Å²) >= 11 is 0. The molecule has 2 atom stereocenters. The van der Waals surface area contributed by atoms with Crippen LogP contribution in [-0.2, 0) is 9.53 Å². The number of ether oxygens (including phenoxy) is 2. The predicted octanol–water partition coefficient (Wildman–Crippen LogP) is 3.99. The second kappa shape index (κ2) is 13.8. The third-order valence-electron chi connectivity index (χ3n) is 9.98. The standard InChI is InChI=1S/C37H41FN8O4/c1-37(2,45-14-12-43(13-15-45)26-22-49-23-26)18-24(19-39)36(48)44-20-25(16-27(47)21-44)46-32-10-11-41-35(40)33(32)34(42-46)30-9-8-29(17-31(30)38)50-28-6-4-3-5-7-28/h3-11,17-18,25-27,47H,12-16,20-23H2,1-2H3,(H2,40,41)/b24-18+/t25-,27-/m1/s1. The smallest absolute Gasteiger partial charge is 0.264 e. The molecule has 3 aliphatic heterocycles. The molecule has 0 unspecified atom stereocenters. The van der Waals surface area contributed by atoms with Crippen LogP contribution in [0.4, 0.5) is 10.2 Å². The number of hydrogen-bond donors (Lipinski definition) is 2. The van der Waals surface area contributed by atoms with Crippen LogP contribution in [-0.4, -0.2) is 111 Å². The lowest BCUT2D eigenvalue weighted by molar-refractivity contribution is -0.131. The van der Waals surface area contributed by atoms with Gasteiger partial charge >= 0.3 is 0 Å². The number of piperidine rings is 1. The van der Waals surface area contributed by atoms with Crippen molar-refractivity contribution in [2.75, 3.05) is 58.2 Å². The van der Waals surface area contributed by atoms with Crippen molar-refractivity contribution in [2.24, 2.45) is 0 Å². The van der Waals surface area contributed by atoms with E-state index in [4.69, 9.17) is 20.3 Å². The van der Waals surface area contributed by atoms with Crippen LogP contribution >= 0.6 is 0 Å². The Labute approximate surface area is 290 Å². The van der Waals surface area contributed by atoms with Crippen LogP contribution in [0.5, 0.6) is 11.5 Å². The van der Waals surface area contributed by atoms with Crippen molar-refractivity contribution in [3.63, 3.8) is 0 Å². The molecule has 12 nitrogen and oxygen atoms in total. The number of nitrogens with two attached hydrogens (primary N) is 1. The van der Waals surface area contributed by atoms with Crippen molar-refractivity contribution in [3.8, 4) is 28.8 Å². The van der Waals surface area contributed by atoms with Gasteiger partial charge in [-0.2, -0.15) is 10.4 Å². The van der Waals surface area contributed by atoms with Gasteiger partial charge < -0.3 is 25.2 Å². The first-order valence-electron chi connectivity index (χ1n) is 16.9. The number of aliphatic hydroxyl groups is 1. The van der Waals surface area contributed by atoms with E-state index in [2.05, 4.69) is 20.9 Å². The average Bonchev–Trinajstić information content (AvgIpc) is 3.47. The molecule has 3 N–H and O–H groups in total. The molecule has 1 amide bonds. The molecule has 3 aliphatic rings. The van der Waals surface area contributed by atoms with Gasteiger partial charge in [0, 0.05) is 62.6 Å². The number of halogens is 1. The largest absolute Gasteiger partial charge is 0.457 e. The maximum Gasteiger partial charge on any atom is 0.264 e. The van der Waals surface area contributed by atoms with Crippen LogP contribution in [0, 0.1) is 17.1 Å². The van der Waals surface area contributed by atoms with E-state index in [1.807, 2.05) is 32.0 Å². The zero-order valence-corrected chi connectivity index (χ0v) is 28.2. The number of nitriles is 1. The summed E-state index contributed by atoms with van der Waals surface area (Å²) in [5, 5.41) is 26.5. The fourth-order valence-corrected chi connectivity index (χ4v) is 7.20. The number of aliphatic hydroxyl groups excluding tert-OH is 1. The number of amides is 1. The molecule has 3 saturated heterocycles. The zero-order chi connectivity index (χ0) is 35.0. The number of nitrogen functional groups attached to an aromatic ring is 1. The summed E-state index contributed by atoms with van der Waals surface area (Å²) in [7, 11) is 0. The fourth-order valence-electron chi connectivity index (χ4n) is 7.20. The number of benzene rings is 2. The summed E-state index contributed by atoms with van der Waals surface area (Å²) in [6, 6.07) is 17.5. The van der Waals surface area contributed by atoms with Crippen molar-refractivity contribution in [1.29, 1.82) is 5.26 Å². The highest BCUT2D eigenvalue weighted by Crippen LogP contribution is 2.37. The number of likely N-dealkylation sites (tertiary alicyclic amines) is 1. The van der Waals surface area contributed by atoms with Crippen LogP contribution in [0.25, 0.3) is 22.2 Å². The minimum absolute atomic E-state index is 0.0250. The molecule has 3 fully saturated rings. The van der Waals surface area contributed by atoms with Crippen LogP contribution < -0.4 is 10.5 Å². The third-order valence-corrected chi connectivity index (χ3v) is 9.98. The molecule has 50 heavy (non-hydrogen) atoms. The highest BCUT2D eigenvalue weighted by atomic mass is 19.1. The highest BCUT2D eigenvalue weighted by Gasteiger charge is 2.37. The Bertz CT molecular complexity index is 1950. The second-order valence-corrected chi connectivity index (χ2v) is 13.7. The topological polar surface area (TPSA) is 146 Å². The number of aromatic nitrogens is 3. The minimum Gasteiger partial charge on any atom is -0.457 e. The lowest BCUT2D eigenvalue weighted by atomic mass is 9.96.